The molecular formula is C23H37CaO3+. The molecule has 1 N–H and O–H groups in total. The Morgan fingerprint density at radius 1 is 0.815 bits per heavy atom. The van der Waals surface area contributed by atoms with E-state index in [1.165, 1.54) is 83.1 Å². The van der Waals surface area contributed by atoms with Crippen LogP contribution in [0, 0.1) is 0 Å². The molecule has 0 aliphatic carbocycles. The van der Waals surface area contributed by atoms with E-state index in [1.807, 2.05) is 0 Å². The second-order valence-corrected chi connectivity index (χ2v) is 7.45. The average molecular weight is 402 g/mol. The molecule has 0 amide bonds. The molecule has 0 heterocycles. The first-order valence-electron chi connectivity index (χ1n) is 10.7. The fraction of sp³-hybridized carbons (Fsp3) is 0.696. The van der Waals surface area contributed by atoms with Crippen LogP contribution >= 0.6 is 0 Å². The third-order valence-corrected chi connectivity index (χ3v) is 5.13. The molecule has 1 rings (SSSR count). The molecule has 0 aromatic heterocycles. The number of hydrogen-bond acceptors (Lipinski definition) is 2. The summed E-state index contributed by atoms with van der Waals surface area (Å²) in [5.74, 6) is -1.44. The van der Waals surface area contributed by atoms with Crippen LogP contribution in [0.25, 0.3) is 0 Å². The molecule has 0 bridgehead atoms. The smallest absolute Gasteiger partial charge is 0.872 e. The van der Waals surface area contributed by atoms with Gasteiger partial charge in [0.2, 0.25) is 0 Å². The maximum Gasteiger partial charge on any atom is 2.00 e. The summed E-state index contributed by atoms with van der Waals surface area (Å²) in [6, 6.07) is 4.82. The van der Waals surface area contributed by atoms with Crippen LogP contribution in [-0.4, -0.2) is 48.8 Å². The molecule has 0 saturated carbocycles. The first kappa shape index (κ1) is 26.7. The number of carboxylic acid groups (broad SMARTS) is 1. The summed E-state index contributed by atoms with van der Waals surface area (Å²) in [5.41, 5.74) is 0.539. The van der Waals surface area contributed by atoms with Crippen molar-refractivity contribution < 1.29 is 15.0 Å². The topological polar surface area (TPSA) is 60.4 Å². The molecule has 0 spiro atoms. The van der Waals surface area contributed by atoms with Gasteiger partial charge < -0.3 is 10.2 Å². The minimum Gasteiger partial charge on any atom is -0.872 e. The van der Waals surface area contributed by atoms with Gasteiger partial charge in [-0.2, -0.15) is 0 Å². The van der Waals surface area contributed by atoms with E-state index >= 15 is 0 Å². The first-order chi connectivity index (χ1) is 12.7. The normalized spacial score (nSPS) is 10.6. The molecule has 0 radical (unpaired) electrons. The van der Waals surface area contributed by atoms with Crippen LogP contribution in [0.2, 0.25) is 0 Å². The van der Waals surface area contributed by atoms with Crippen molar-refractivity contribution in [3.05, 3.63) is 29.3 Å². The van der Waals surface area contributed by atoms with Crippen molar-refractivity contribution in [2.24, 2.45) is 0 Å². The number of aromatic carboxylic acids is 1. The van der Waals surface area contributed by atoms with Gasteiger partial charge in [-0.3, -0.25) is 0 Å². The number of carbonyl (C=O) groups is 1. The van der Waals surface area contributed by atoms with Gasteiger partial charge in [-0.25, -0.2) is 4.79 Å². The number of unbranched alkanes of at least 4 members (excludes halogenated alkanes) is 13. The van der Waals surface area contributed by atoms with Crippen LogP contribution in [0.5, 0.6) is 5.75 Å². The van der Waals surface area contributed by atoms with E-state index in [4.69, 9.17) is 5.11 Å². The molecular weight excluding hydrogens is 364 g/mol. The van der Waals surface area contributed by atoms with Gasteiger partial charge in [-0.15, -0.1) is 0 Å². The minimum absolute atomic E-state index is 0. The second-order valence-electron chi connectivity index (χ2n) is 7.45. The SMILES string of the molecule is CCCCCCCCCCCCCCCCc1cccc(C(=O)O)c1[O-].[Ca+2]. The molecule has 1 aromatic carbocycles. The molecule has 4 heteroatoms. The number of aryl methyl sites for hydroxylation is 1. The quantitative estimate of drug-likeness (QED) is 0.269. The van der Waals surface area contributed by atoms with Gasteiger partial charge in [0, 0.05) is 0 Å². The van der Waals surface area contributed by atoms with Crippen molar-refractivity contribution in [2.75, 3.05) is 0 Å². The van der Waals surface area contributed by atoms with Crippen LogP contribution in [0.15, 0.2) is 18.2 Å². The van der Waals surface area contributed by atoms with Gasteiger partial charge >= 0.3 is 43.7 Å². The minimum atomic E-state index is -1.13. The summed E-state index contributed by atoms with van der Waals surface area (Å²) in [6.45, 7) is 2.26. The number of carboxylic acids is 1. The van der Waals surface area contributed by atoms with Gasteiger partial charge in [-0.05, 0) is 18.9 Å². The van der Waals surface area contributed by atoms with E-state index in [0.29, 0.717) is 12.0 Å². The summed E-state index contributed by atoms with van der Waals surface area (Å²) in [6.07, 6.45) is 19.0. The van der Waals surface area contributed by atoms with Crippen LogP contribution in [0.4, 0.5) is 0 Å². The Labute approximate surface area is 196 Å². The van der Waals surface area contributed by atoms with Crippen molar-refractivity contribution in [2.45, 2.75) is 103 Å². The molecule has 0 saturated heterocycles. The summed E-state index contributed by atoms with van der Waals surface area (Å²) < 4.78 is 0. The number of hydrogen-bond donors (Lipinski definition) is 1. The molecule has 1 aromatic rings. The largest absolute Gasteiger partial charge is 2.00 e. The second kappa shape index (κ2) is 17.8. The van der Waals surface area contributed by atoms with Gasteiger partial charge in [-0.1, -0.05) is 114 Å². The fourth-order valence-corrected chi connectivity index (χ4v) is 3.46. The number of benzene rings is 1. The summed E-state index contributed by atoms with van der Waals surface area (Å²) in [5, 5.41) is 21.0. The van der Waals surface area contributed by atoms with Crippen LogP contribution in [0.3, 0.4) is 0 Å². The summed E-state index contributed by atoms with van der Waals surface area (Å²) in [7, 11) is 0. The van der Waals surface area contributed by atoms with Gasteiger partial charge in [0.25, 0.3) is 0 Å². The predicted octanol–water partition coefficient (Wildman–Crippen LogP) is 6.10. The maximum atomic E-state index is 12.0. The molecule has 0 unspecified atom stereocenters. The summed E-state index contributed by atoms with van der Waals surface area (Å²) >= 11 is 0. The molecule has 0 aliphatic heterocycles. The average Bonchev–Trinajstić information content (AvgIpc) is 2.63. The van der Waals surface area contributed by atoms with Crippen molar-refractivity contribution in [1.29, 1.82) is 0 Å². The zero-order valence-electron chi connectivity index (χ0n) is 17.3. The Balaban J connectivity index is 0.00000676. The first-order valence-corrected chi connectivity index (χ1v) is 10.7. The van der Waals surface area contributed by atoms with Crippen molar-refractivity contribution >= 4 is 43.7 Å². The Hall–Kier alpha value is -0.250. The van der Waals surface area contributed by atoms with Crippen molar-refractivity contribution in [3.8, 4) is 5.75 Å². The number of para-hydroxylation sites is 1. The zero-order chi connectivity index (χ0) is 19.0. The molecule has 27 heavy (non-hydrogen) atoms. The third kappa shape index (κ3) is 12.8. The van der Waals surface area contributed by atoms with Gasteiger partial charge in [0.05, 0.1) is 5.56 Å². The predicted molar refractivity (Wildman–Crippen MR) is 113 cm³/mol. The third-order valence-electron chi connectivity index (χ3n) is 5.13. The Kier molecular flexibility index (Phi) is 17.7. The van der Waals surface area contributed by atoms with Crippen molar-refractivity contribution in [3.63, 3.8) is 0 Å². The van der Waals surface area contributed by atoms with E-state index in [1.54, 1.807) is 12.1 Å². The van der Waals surface area contributed by atoms with Crippen molar-refractivity contribution in [1.82, 2.24) is 0 Å². The van der Waals surface area contributed by atoms with Crippen LogP contribution in [-0.2, 0) is 6.42 Å². The van der Waals surface area contributed by atoms with Gasteiger partial charge in [0.1, 0.15) is 0 Å². The molecule has 0 aliphatic rings. The van der Waals surface area contributed by atoms with E-state index in [2.05, 4.69) is 6.92 Å². The van der Waals surface area contributed by atoms with E-state index < -0.39 is 5.97 Å². The zero-order valence-corrected chi connectivity index (χ0v) is 19.5. The fourth-order valence-electron chi connectivity index (χ4n) is 3.46. The maximum absolute atomic E-state index is 12.0. The Morgan fingerprint density at radius 3 is 1.70 bits per heavy atom. The Morgan fingerprint density at radius 2 is 1.26 bits per heavy atom. The van der Waals surface area contributed by atoms with E-state index in [-0.39, 0.29) is 49.1 Å². The van der Waals surface area contributed by atoms with Gasteiger partial charge in [0.15, 0.2) is 0 Å². The number of rotatable bonds is 16. The van der Waals surface area contributed by atoms with E-state index in [0.717, 1.165) is 12.8 Å². The monoisotopic (exact) mass is 401 g/mol. The molecule has 0 fully saturated rings. The molecule has 0 atom stereocenters. The summed E-state index contributed by atoms with van der Waals surface area (Å²) in [4.78, 5) is 11.0. The standard InChI is InChI=1S/C23H38O3.Ca/c1-2-3-4-5-6-7-8-9-10-11-12-13-14-15-17-20-18-16-19-21(22(20)24)23(25)26;/h16,18-19,24H,2-15,17H2,1H3,(H,25,26);/q;+2/p-1. The Bertz CT molecular complexity index is 502. The van der Waals surface area contributed by atoms with E-state index in [9.17, 15) is 9.90 Å². The van der Waals surface area contributed by atoms with Crippen LogP contribution < -0.4 is 5.11 Å². The molecule has 148 valence electrons. The molecule has 3 nitrogen and oxygen atoms in total. The van der Waals surface area contributed by atoms with Crippen LogP contribution in [0.1, 0.15) is 113 Å².